The van der Waals surface area contributed by atoms with Crippen molar-refractivity contribution in [2.24, 2.45) is 0 Å². The van der Waals surface area contributed by atoms with Crippen LogP contribution in [0.1, 0.15) is 5.56 Å². The maximum Gasteiger partial charge on any atom is 0.270 e. The van der Waals surface area contributed by atoms with Crippen molar-refractivity contribution in [3.63, 3.8) is 0 Å². The van der Waals surface area contributed by atoms with Gasteiger partial charge in [0.05, 0.1) is 15.6 Å². The van der Waals surface area contributed by atoms with Gasteiger partial charge in [-0.05, 0) is 40.3 Å². The Morgan fingerprint density at radius 2 is 1.75 bits per heavy atom. The van der Waals surface area contributed by atoms with Crippen LogP contribution in [0, 0.1) is 13.7 Å². The van der Waals surface area contributed by atoms with Gasteiger partial charge in [-0.25, -0.2) is 8.42 Å². The number of rotatable bonds is 4. The molecule has 0 aromatic heterocycles. The minimum Gasteiger partial charge on any atom is -0.258 e. The average molecular weight is 403 g/mol. The molecule has 0 amide bonds. The highest BCUT2D eigenvalue weighted by molar-refractivity contribution is 14.1. The molecule has 0 unspecified atom stereocenters. The number of hydrogen-bond donors (Lipinski definition) is 0. The Morgan fingerprint density at radius 3 is 2.30 bits per heavy atom. The first-order valence-corrected chi connectivity index (χ1v) is 8.34. The highest BCUT2D eigenvalue weighted by Crippen LogP contribution is 2.23. The van der Waals surface area contributed by atoms with Gasteiger partial charge in [-0.2, -0.15) is 0 Å². The number of non-ortho nitro benzene ring substituents is 1. The number of halogens is 1. The number of nitro benzene ring substituents is 1. The lowest BCUT2D eigenvalue weighted by Crippen LogP contribution is -2.06. The van der Waals surface area contributed by atoms with Crippen LogP contribution in [0.2, 0.25) is 0 Å². The maximum absolute atomic E-state index is 12.2. The van der Waals surface area contributed by atoms with E-state index in [4.69, 9.17) is 0 Å². The second-order valence-corrected chi connectivity index (χ2v) is 7.26. The lowest BCUT2D eigenvalue weighted by molar-refractivity contribution is -0.385. The Labute approximate surface area is 129 Å². The molecular formula is C13H10INO4S. The average Bonchev–Trinajstić information content (AvgIpc) is 2.41. The van der Waals surface area contributed by atoms with Crippen molar-refractivity contribution in [1.82, 2.24) is 0 Å². The zero-order valence-electron chi connectivity index (χ0n) is 10.2. The van der Waals surface area contributed by atoms with Gasteiger partial charge in [-0.15, -0.1) is 0 Å². The van der Waals surface area contributed by atoms with E-state index >= 15 is 0 Å². The summed E-state index contributed by atoms with van der Waals surface area (Å²) in [7, 11) is -3.44. The molecule has 0 N–H and O–H groups in total. The fraction of sp³-hybridized carbons (Fsp3) is 0.0769. The Balaban J connectivity index is 2.33. The van der Waals surface area contributed by atoms with Gasteiger partial charge in [-0.1, -0.05) is 24.3 Å². The Morgan fingerprint density at radius 1 is 1.10 bits per heavy atom. The Kier molecular flexibility index (Phi) is 4.39. The van der Waals surface area contributed by atoms with Gasteiger partial charge in [0.1, 0.15) is 0 Å². The summed E-state index contributed by atoms with van der Waals surface area (Å²) < 4.78 is 25.0. The van der Waals surface area contributed by atoms with Gasteiger partial charge >= 0.3 is 0 Å². The standard InChI is InChI=1S/C13H10INO4S/c14-13-8-11(15(16)17)7-6-10(13)9-20(18,19)12-4-2-1-3-5-12/h1-8H,9H2. The monoisotopic (exact) mass is 403 g/mol. The largest absolute Gasteiger partial charge is 0.270 e. The van der Waals surface area contributed by atoms with Crippen LogP contribution in [0.5, 0.6) is 0 Å². The molecule has 104 valence electrons. The van der Waals surface area contributed by atoms with Crippen molar-refractivity contribution in [1.29, 1.82) is 0 Å². The smallest absolute Gasteiger partial charge is 0.258 e. The van der Waals surface area contributed by atoms with E-state index in [9.17, 15) is 18.5 Å². The minimum absolute atomic E-state index is 0.0461. The molecule has 0 bridgehead atoms. The van der Waals surface area contributed by atoms with Gasteiger partial charge in [0, 0.05) is 15.7 Å². The molecule has 5 nitrogen and oxygen atoms in total. The lowest BCUT2D eigenvalue weighted by Gasteiger charge is -2.06. The molecule has 0 aliphatic carbocycles. The van der Waals surface area contributed by atoms with Gasteiger partial charge in [0.15, 0.2) is 9.84 Å². The molecule has 2 aromatic rings. The fourth-order valence-electron chi connectivity index (χ4n) is 1.68. The molecule has 0 aliphatic rings. The number of nitrogens with zero attached hydrogens (tertiary/aromatic N) is 1. The summed E-state index contributed by atoms with van der Waals surface area (Å²) in [5, 5.41) is 10.7. The van der Waals surface area contributed by atoms with Crippen LogP contribution in [0.3, 0.4) is 0 Å². The molecule has 2 aromatic carbocycles. The third-order valence-corrected chi connectivity index (χ3v) is 5.38. The van der Waals surface area contributed by atoms with Crippen LogP contribution in [0.15, 0.2) is 53.4 Å². The molecule has 0 aliphatic heterocycles. The van der Waals surface area contributed by atoms with Crippen LogP contribution >= 0.6 is 22.6 Å². The lowest BCUT2D eigenvalue weighted by atomic mass is 10.2. The molecule has 7 heteroatoms. The molecular weight excluding hydrogens is 393 g/mol. The van der Waals surface area contributed by atoms with E-state index in [2.05, 4.69) is 0 Å². The molecule has 0 heterocycles. The van der Waals surface area contributed by atoms with E-state index in [0.717, 1.165) is 0 Å². The molecule has 20 heavy (non-hydrogen) atoms. The van der Waals surface area contributed by atoms with Crippen LogP contribution < -0.4 is 0 Å². The van der Waals surface area contributed by atoms with E-state index in [1.54, 1.807) is 18.2 Å². The summed E-state index contributed by atoms with van der Waals surface area (Å²) in [6, 6.07) is 12.3. The number of nitro groups is 1. The predicted molar refractivity (Wildman–Crippen MR) is 83.1 cm³/mol. The van der Waals surface area contributed by atoms with Crippen molar-refractivity contribution in [3.8, 4) is 0 Å². The SMILES string of the molecule is O=[N+]([O-])c1ccc(CS(=O)(=O)c2ccccc2)c(I)c1. The molecule has 0 fully saturated rings. The topological polar surface area (TPSA) is 77.3 Å². The van der Waals surface area contributed by atoms with Gasteiger partial charge in [0.2, 0.25) is 0 Å². The summed E-state index contributed by atoms with van der Waals surface area (Å²) in [5.41, 5.74) is 0.510. The number of hydrogen-bond acceptors (Lipinski definition) is 4. The number of benzene rings is 2. The molecule has 0 spiro atoms. The third-order valence-electron chi connectivity index (χ3n) is 2.70. The van der Waals surface area contributed by atoms with Crippen molar-refractivity contribution in [3.05, 3.63) is 67.8 Å². The normalized spacial score (nSPS) is 11.2. The van der Waals surface area contributed by atoms with Crippen molar-refractivity contribution < 1.29 is 13.3 Å². The second-order valence-electron chi connectivity index (χ2n) is 4.10. The third kappa shape index (κ3) is 3.34. The zero-order valence-corrected chi connectivity index (χ0v) is 13.2. The van der Waals surface area contributed by atoms with Gasteiger partial charge < -0.3 is 0 Å². The van der Waals surface area contributed by atoms with E-state index in [1.165, 1.54) is 30.3 Å². The van der Waals surface area contributed by atoms with Crippen LogP contribution in [-0.2, 0) is 15.6 Å². The Hall–Kier alpha value is -1.48. The Bertz CT molecular complexity index is 744. The quantitative estimate of drug-likeness (QED) is 0.447. The molecule has 0 atom stereocenters. The first-order valence-electron chi connectivity index (χ1n) is 5.61. The molecule has 0 saturated carbocycles. The number of sulfone groups is 1. The van der Waals surface area contributed by atoms with E-state index < -0.39 is 14.8 Å². The molecule has 0 saturated heterocycles. The van der Waals surface area contributed by atoms with Crippen LogP contribution in [-0.4, -0.2) is 13.3 Å². The highest BCUT2D eigenvalue weighted by Gasteiger charge is 2.18. The summed E-state index contributed by atoms with van der Waals surface area (Å²) in [4.78, 5) is 10.4. The van der Waals surface area contributed by atoms with E-state index in [1.807, 2.05) is 22.6 Å². The zero-order chi connectivity index (χ0) is 14.8. The van der Waals surface area contributed by atoms with Crippen LogP contribution in [0.25, 0.3) is 0 Å². The highest BCUT2D eigenvalue weighted by atomic mass is 127. The second kappa shape index (κ2) is 5.88. The molecule has 2 rings (SSSR count). The van der Waals surface area contributed by atoms with Crippen molar-refractivity contribution in [2.75, 3.05) is 0 Å². The summed E-state index contributed by atoms with van der Waals surface area (Å²) >= 11 is 1.91. The first kappa shape index (κ1) is 14.9. The van der Waals surface area contributed by atoms with Crippen molar-refractivity contribution in [2.45, 2.75) is 10.6 Å². The van der Waals surface area contributed by atoms with Crippen molar-refractivity contribution >= 4 is 38.1 Å². The molecule has 0 radical (unpaired) electrons. The maximum atomic E-state index is 12.2. The minimum atomic E-state index is -3.44. The fourth-order valence-corrected chi connectivity index (χ4v) is 4.03. The van der Waals surface area contributed by atoms with Crippen LogP contribution in [0.4, 0.5) is 5.69 Å². The van der Waals surface area contributed by atoms with Gasteiger partial charge in [-0.3, -0.25) is 10.1 Å². The van der Waals surface area contributed by atoms with E-state index in [0.29, 0.717) is 9.13 Å². The summed E-state index contributed by atoms with van der Waals surface area (Å²) in [6.07, 6.45) is 0. The summed E-state index contributed by atoms with van der Waals surface area (Å²) in [5.74, 6) is -0.173. The summed E-state index contributed by atoms with van der Waals surface area (Å²) in [6.45, 7) is 0. The van der Waals surface area contributed by atoms with Gasteiger partial charge in [0.25, 0.3) is 5.69 Å². The predicted octanol–water partition coefficient (Wildman–Crippen LogP) is 3.17. The first-order chi connectivity index (χ1) is 9.40. The van der Waals surface area contributed by atoms with E-state index in [-0.39, 0.29) is 16.3 Å².